The summed E-state index contributed by atoms with van der Waals surface area (Å²) in [5, 5.41) is 15.6. The van der Waals surface area contributed by atoms with E-state index in [0.29, 0.717) is 29.6 Å². The molecule has 0 fully saturated rings. The van der Waals surface area contributed by atoms with Crippen LogP contribution in [0.4, 0.5) is 0 Å². The summed E-state index contributed by atoms with van der Waals surface area (Å²) in [6, 6.07) is 20.9. The molecule has 0 saturated heterocycles. The molecular weight excluding hydrogens is 394 g/mol. The van der Waals surface area contributed by atoms with Gasteiger partial charge in [-0.2, -0.15) is 4.52 Å². The maximum Gasteiger partial charge on any atom is 0.258 e. The number of nitrogens with zero attached hydrogens (tertiary/aromatic N) is 4. The van der Waals surface area contributed by atoms with Crippen molar-refractivity contribution in [1.29, 1.82) is 0 Å². The molecule has 2 aromatic heterocycles. The Kier molecular flexibility index (Phi) is 6.37. The molecule has 0 spiro atoms. The summed E-state index contributed by atoms with van der Waals surface area (Å²) in [6.07, 6.45) is 0.966. The zero-order chi connectivity index (χ0) is 21.5. The first-order valence-corrected chi connectivity index (χ1v) is 10.1. The third kappa shape index (κ3) is 5.16. The fourth-order valence-corrected chi connectivity index (χ4v) is 2.98. The third-order valence-electron chi connectivity index (χ3n) is 4.65. The molecular formula is C23H23N5O3. The van der Waals surface area contributed by atoms with E-state index < -0.39 is 0 Å². The average molecular weight is 417 g/mol. The average Bonchev–Trinajstić information content (AvgIpc) is 3.25. The number of amides is 1. The van der Waals surface area contributed by atoms with Gasteiger partial charge in [0, 0.05) is 11.6 Å². The molecule has 2 heterocycles. The van der Waals surface area contributed by atoms with Crippen LogP contribution in [0.25, 0.3) is 17.0 Å². The molecule has 1 amide bonds. The van der Waals surface area contributed by atoms with Gasteiger partial charge in [0.05, 0.1) is 6.54 Å². The molecule has 2 aromatic carbocycles. The van der Waals surface area contributed by atoms with Crippen LogP contribution in [0.3, 0.4) is 0 Å². The first-order valence-electron chi connectivity index (χ1n) is 10.1. The SMILES string of the molecule is CCc1ccc(OCC(=O)NCCOc2ccc3nnc(-c4ccccc4)n3n2)cc1. The molecule has 0 atom stereocenters. The number of hydrogen-bond acceptors (Lipinski definition) is 6. The quantitative estimate of drug-likeness (QED) is 0.421. The molecule has 8 nitrogen and oxygen atoms in total. The summed E-state index contributed by atoms with van der Waals surface area (Å²) in [5.41, 5.74) is 2.77. The van der Waals surface area contributed by atoms with Crippen LogP contribution in [0.2, 0.25) is 0 Å². The first kappa shape index (κ1) is 20.3. The summed E-state index contributed by atoms with van der Waals surface area (Å²) in [5.74, 6) is 1.52. The first-order chi connectivity index (χ1) is 15.2. The number of aromatic nitrogens is 4. The molecule has 0 unspecified atom stereocenters. The molecule has 0 saturated carbocycles. The van der Waals surface area contributed by atoms with Crippen LogP contribution in [0.15, 0.2) is 66.7 Å². The van der Waals surface area contributed by atoms with E-state index in [0.717, 1.165) is 12.0 Å². The second-order valence-electron chi connectivity index (χ2n) is 6.82. The van der Waals surface area contributed by atoms with E-state index in [1.54, 1.807) is 16.6 Å². The Hall–Kier alpha value is -3.94. The topological polar surface area (TPSA) is 90.6 Å². The molecule has 4 rings (SSSR count). The number of hydrogen-bond donors (Lipinski definition) is 1. The maximum absolute atomic E-state index is 12.0. The molecule has 0 aliphatic rings. The van der Waals surface area contributed by atoms with Gasteiger partial charge >= 0.3 is 0 Å². The van der Waals surface area contributed by atoms with Crippen LogP contribution in [-0.2, 0) is 11.2 Å². The molecule has 0 bridgehead atoms. The Balaban J connectivity index is 1.26. The molecule has 1 N–H and O–H groups in total. The number of benzene rings is 2. The minimum absolute atomic E-state index is 0.0448. The van der Waals surface area contributed by atoms with Gasteiger partial charge in [-0.3, -0.25) is 4.79 Å². The highest BCUT2D eigenvalue weighted by atomic mass is 16.5. The van der Waals surface area contributed by atoms with Gasteiger partial charge in [0.2, 0.25) is 5.88 Å². The Labute approximate surface area is 179 Å². The van der Waals surface area contributed by atoms with Crippen molar-refractivity contribution in [1.82, 2.24) is 25.1 Å². The molecule has 4 aromatic rings. The van der Waals surface area contributed by atoms with E-state index >= 15 is 0 Å². The Morgan fingerprint density at radius 1 is 0.968 bits per heavy atom. The largest absolute Gasteiger partial charge is 0.484 e. The minimum Gasteiger partial charge on any atom is -0.484 e. The number of carbonyl (C=O) groups excluding carboxylic acids is 1. The smallest absolute Gasteiger partial charge is 0.258 e. The Bertz CT molecular complexity index is 1140. The molecule has 0 radical (unpaired) electrons. The minimum atomic E-state index is -0.211. The van der Waals surface area contributed by atoms with Crippen LogP contribution in [-0.4, -0.2) is 45.5 Å². The molecule has 0 aliphatic heterocycles. The van der Waals surface area contributed by atoms with E-state index in [1.807, 2.05) is 54.6 Å². The van der Waals surface area contributed by atoms with E-state index in [-0.39, 0.29) is 19.1 Å². The van der Waals surface area contributed by atoms with E-state index in [2.05, 4.69) is 27.5 Å². The fraction of sp³-hybridized carbons (Fsp3) is 0.217. The van der Waals surface area contributed by atoms with Crippen molar-refractivity contribution in [2.75, 3.05) is 19.8 Å². The van der Waals surface area contributed by atoms with Crippen LogP contribution in [0.1, 0.15) is 12.5 Å². The van der Waals surface area contributed by atoms with Crippen LogP contribution < -0.4 is 14.8 Å². The molecule has 158 valence electrons. The van der Waals surface area contributed by atoms with Gasteiger partial charge in [0.15, 0.2) is 18.1 Å². The lowest BCUT2D eigenvalue weighted by atomic mass is 10.2. The predicted octanol–water partition coefficient (Wildman–Crippen LogP) is 2.93. The number of rotatable bonds is 9. The number of ether oxygens (including phenoxy) is 2. The fourth-order valence-electron chi connectivity index (χ4n) is 2.98. The van der Waals surface area contributed by atoms with Gasteiger partial charge in [-0.15, -0.1) is 15.3 Å². The summed E-state index contributed by atoms with van der Waals surface area (Å²) in [4.78, 5) is 12.0. The molecule has 31 heavy (non-hydrogen) atoms. The molecule has 0 aliphatic carbocycles. The highest BCUT2D eigenvalue weighted by molar-refractivity contribution is 5.77. The monoisotopic (exact) mass is 417 g/mol. The lowest BCUT2D eigenvalue weighted by molar-refractivity contribution is -0.123. The van der Waals surface area contributed by atoms with Gasteiger partial charge in [0.1, 0.15) is 12.4 Å². The zero-order valence-electron chi connectivity index (χ0n) is 17.2. The van der Waals surface area contributed by atoms with Gasteiger partial charge in [0.25, 0.3) is 5.91 Å². The summed E-state index contributed by atoms with van der Waals surface area (Å²) >= 11 is 0. The van der Waals surface area contributed by atoms with Crippen molar-refractivity contribution in [3.8, 4) is 23.0 Å². The lowest BCUT2D eigenvalue weighted by Gasteiger charge is -2.09. The van der Waals surface area contributed by atoms with E-state index in [9.17, 15) is 4.79 Å². The summed E-state index contributed by atoms with van der Waals surface area (Å²) < 4.78 is 12.8. The molecule has 8 heteroatoms. The van der Waals surface area contributed by atoms with Gasteiger partial charge in [-0.25, -0.2) is 0 Å². The van der Waals surface area contributed by atoms with Crippen LogP contribution >= 0.6 is 0 Å². The van der Waals surface area contributed by atoms with E-state index in [1.165, 1.54) is 5.56 Å². The van der Waals surface area contributed by atoms with E-state index in [4.69, 9.17) is 9.47 Å². The Morgan fingerprint density at radius 3 is 2.55 bits per heavy atom. The summed E-state index contributed by atoms with van der Waals surface area (Å²) in [6.45, 7) is 2.66. The normalized spacial score (nSPS) is 10.7. The second-order valence-corrected chi connectivity index (χ2v) is 6.82. The highest BCUT2D eigenvalue weighted by Gasteiger charge is 2.10. The highest BCUT2D eigenvalue weighted by Crippen LogP contribution is 2.18. The standard InChI is InChI=1S/C23H23N5O3/c1-2-17-8-10-19(11-9-17)31-16-21(29)24-14-15-30-22-13-12-20-25-26-23(28(20)27-22)18-6-4-3-5-7-18/h3-13H,2,14-16H2,1H3,(H,24,29). The van der Waals surface area contributed by atoms with Crippen molar-refractivity contribution in [2.45, 2.75) is 13.3 Å². The van der Waals surface area contributed by atoms with Gasteiger partial charge in [-0.1, -0.05) is 49.4 Å². The summed E-state index contributed by atoms with van der Waals surface area (Å²) in [7, 11) is 0. The number of fused-ring (bicyclic) bond motifs is 1. The van der Waals surface area contributed by atoms with Crippen molar-refractivity contribution >= 4 is 11.6 Å². The predicted molar refractivity (Wildman–Crippen MR) is 116 cm³/mol. The second kappa shape index (κ2) is 9.71. The number of carbonyl (C=O) groups is 1. The lowest BCUT2D eigenvalue weighted by Crippen LogP contribution is -2.32. The van der Waals surface area contributed by atoms with Crippen molar-refractivity contribution in [3.63, 3.8) is 0 Å². The van der Waals surface area contributed by atoms with Crippen molar-refractivity contribution < 1.29 is 14.3 Å². The number of aryl methyl sites for hydroxylation is 1. The number of nitrogens with one attached hydrogen (secondary N) is 1. The third-order valence-corrected chi connectivity index (χ3v) is 4.65. The Morgan fingerprint density at radius 2 is 1.77 bits per heavy atom. The maximum atomic E-state index is 12.0. The van der Waals surface area contributed by atoms with Crippen molar-refractivity contribution in [3.05, 3.63) is 72.3 Å². The van der Waals surface area contributed by atoms with Gasteiger partial charge in [-0.05, 0) is 30.2 Å². The van der Waals surface area contributed by atoms with Crippen LogP contribution in [0.5, 0.6) is 11.6 Å². The van der Waals surface area contributed by atoms with Crippen LogP contribution in [0, 0.1) is 0 Å². The van der Waals surface area contributed by atoms with Gasteiger partial charge < -0.3 is 14.8 Å². The van der Waals surface area contributed by atoms with Crippen molar-refractivity contribution in [2.24, 2.45) is 0 Å². The zero-order valence-corrected chi connectivity index (χ0v) is 17.2.